The van der Waals surface area contributed by atoms with E-state index < -0.39 is 0 Å². The molecule has 1 N–H and O–H groups in total. The number of hydrogen-bond acceptors (Lipinski definition) is 7. The number of rotatable bonds is 6. The summed E-state index contributed by atoms with van der Waals surface area (Å²) >= 11 is 6.34. The Hall–Kier alpha value is -3.65. The summed E-state index contributed by atoms with van der Waals surface area (Å²) in [5.41, 5.74) is 4.00. The second kappa shape index (κ2) is 10.5. The van der Waals surface area contributed by atoms with Gasteiger partial charge in [-0.1, -0.05) is 17.7 Å². The number of anilines is 1. The molecule has 3 aromatic rings. The molecule has 0 amide bonds. The van der Waals surface area contributed by atoms with Crippen LogP contribution < -0.4 is 10.1 Å². The van der Waals surface area contributed by atoms with Gasteiger partial charge in [0.2, 0.25) is 11.8 Å². The molecule has 1 fully saturated rings. The van der Waals surface area contributed by atoms with E-state index in [9.17, 15) is 0 Å². The van der Waals surface area contributed by atoms with E-state index in [0.29, 0.717) is 33.7 Å². The molecule has 8 heteroatoms. The van der Waals surface area contributed by atoms with Crippen LogP contribution in [0.15, 0.2) is 42.6 Å². The lowest BCUT2D eigenvalue weighted by molar-refractivity contribution is 0.211. The van der Waals surface area contributed by atoms with Gasteiger partial charge in [-0.05, 0) is 67.6 Å². The summed E-state index contributed by atoms with van der Waals surface area (Å²) in [7, 11) is 0. The van der Waals surface area contributed by atoms with Crippen LogP contribution in [0.25, 0.3) is 0 Å². The van der Waals surface area contributed by atoms with E-state index in [1.807, 2.05) is 38.1 Å². The van der Waals surface area contributed by atoms with Gasteiger partial charge in [0.15, 0.2) is 0 Å². The highest BCUT2D eigenvalue weighted by atomic mass is 35.5. The van der Waals surface area contributed by atoms with E-state index in [2.05, 4.69) is 32.3 Å². The van der Waals surface area contributed by atoms with Gasteiger partial charge in [0, 0.05) is 43.0 Å². The number of nitrogens with one attached hydrogen (secondary N) is 1. The fourth-order valence-corrected chi connectivity index (χ4v) is 4.39. The zero-order valence-electron chi connectivity index (χ0n) is 19.2. The van der Waals surface area contributed by atoms with Crippen molar-refractivity contribution in [3.63, 3.8) is 0 Å². The maximum Gasteiger partial charge on any atom is 0.226 e. The Bertz CT molecular complexity index is 1250. The third-order valence-corrected chi connectivity index (χ3v) is 6.27. The van der Waals surface area contributed by atoms with Gasteiger partial charge in [-0.25, -0.2) is 4.98 Å². The number of nitrogens with zero attached hydrogens (tertiary/aromatic N) is 5. The first kappa shape index (κ1) is 23.5. The molecule has 4 rings (SSSR count). The molecule has 1 aliphatic heterocycles. The molecule has 0 radical (unpaired) electrons. The fraction of sp³-hybridized carbons (Fsp3) is 0.308. The first-order valence-corrected chi connectivity index (χ1v) is 11.5. The molecule has 0 spiro atoms. The number of nitriles is 2. The largest absolute Gasteiger partial charge is 0.438 e. The number of aromatic nitrogens is 2. The molecule has 0 aliphatic carbocycles. The molecular weight excluding hydrogens is 448 g/mol. The molecule has 1 aliphatic rings. The number of benzene rings is 2. The van der Waals surface area contributed by atoms with Crippen molar-refractivity contribution >= 4 is 17.5 Å². The smallest absolute Gasteiger partial charge is 0.226 e. The number of hydrogen-bond donors (Lipinski definition) is 1. The lowest BCUT2D eigenvalue weighted by Gasteiger charge is -2.32. The van der Waals surface area contributed by atoms with Gasteiger partial charge in [-0.2, -0.15) is 15.5 Å². The summed E-state index contributed by atoms with van der Waals surface area (Å²) in [6.07, 6.45) is 3.59. The number of halogens is 1. The van der Waals surface area contributed by atoms with Crippen LogP contribution >= 0.6 is 11.6 Å². The van der Waals surface area contributed by atoms with Gasteiger partial charge in [0.25, 0.3) is 0 Å². The highest BCUT2D eigenvalue weighted by molar-refractivity contribution is 6.31. The van der Waals surface area contributed by atoms with Crippen molar-refractivity contribution in [2.75, 3.05) is 18.4 Å². The maximum atomic E-state index is 9.14. The molecule has 172 valence electrons. The highest BCUT2D eigenvalue weighted by Gasteiger charge is 2.21. The van der Waals surface area contributed by atoms with Crippen LogP contribution in [0.2, 0.25) is 5.02 Å². The number of aryl methyl sites for hydroxylation is 2. The number of likely N-dealkylation sites (tertiary alicyclic amines) is 1. The minimum absolute atomic E-state index is 0.265. The monoisotopic (exact) mass is 472 g/mol. The van der Waals surface area contributed by atoms with Gasteiger partial charge in [-0.15, -0.1) is 0 Å². The predicted octanol–water partition coefficient (Wildman–Crippen LogP) is 5.36. The third kappa shape index (κ3) is 5.63. The average Bonchev–Trinajstić information content (AvgIpc) is 2.84. The van der Waals surface area contributed by atoms with Crippen LogP contribution in [-0.2, 0) is 6.54 Å². The fourth-order valence-electron chi connectivity index (χ4n) is 4.15. The SMILES string of the molecule is Cc1cc(C#N)cc(C)c1Oc1ccnc(NC2CCN(Cc3ccc(C#N)cc3Cl)CC2)n1. The van der Waals surface area contributed by atoms with Gasteiger partial charge in [0.05, 0.1) is 23.3 Å². The molecule has 34 heavy (non-hydrogen) atoms. The first-order chi connectivity index (χ1) is 16.4. The summed E-state index contributed by atoms with van der Waals surface area (Å²) in [4.78, 5) is 11.3. The van der Waals surface area contributed by atoms with Crippen LogP contribution in [0.3, 0.4) is 0 Å². The van der Waals surface area contributed by atoms with Crippen LogP contribution in [0, 0.1) is 36.5 Å². The quantitative estimate of drug-likeness (QED) is 0.515. The minimum Gasteiger partial charge on any atom is -0.438 e. The highest BCUT2D eigenvalue weighted by Crippen LogP contribution is 2.29. The van der Waals surface area contributed by atoms with Crippen LogP contribution in [0.1, 0.15) is 40.7 Å². The zero-order valence-corrected chi connectivity index (χ0v) is 19.9. The Balaban J connectivity index is 1.34. The Labute approximate surface area is 204 Å². The van der Waals surface area contributed by atoms with Crippen molar-refractivity contribution < 1.29 is 4.74 Å². The maximum absolute atomic E-state index is 9.14. The van der Waals surface area contributed by atoms with E-state index in [4.69, 9.17) is 26.9 Å². The van der Waals surface area contributed by atoms with Crippen LogP contribution in [-0.4, -0.2) is 34.0 Å². The van der Waals surface area contributed by atoms with Gasteiger partial charge in [0.1, 0.15) is 5.75 Å². The van der Waals surface area contributed by atoms with Gasteiger partial charge < -0.3 is 10.1 Å². The van der Waals surface area contributed by atoms with E-state index in [0.717, 1.165) is 49.2 Å². The van der Waals surface area contributed by atoms with Gasteiger partial charge >= 0.3 is 0 Å². The van der Waals surface area contributed by atoms with E-state index >= 15 is 0 Å². The molecule has 1 saturated heterocycles. The molecule has 0 atom stereocenters. The van der Waals surface area contributed by atoms with Crippen molar-refractivity contribution in [1.29, 1.82) is 10.5 Å². The Kier molecular flexibility index (Phi) is 7.27. The third-order valence-electron chi connectivity index (χ3n) is 5.92. The zero-order chi connectivity index (χ0) is 24.1. The summed E-state index contributed by atoms with van der Waals surface area (Å²) in [5.74, 6) is 1.70. The molecular formula is C26H25ClN6O. The average molecular weight is 473 g/mol. The van der Waals surface area contributed by atoms with Crippen molar-refractivity contribution in [3.05, 3.63) is 75.4 Å². The van der Waals surface area contributed by atoms with E-state index in [1.54, 1.807) is 18.3 Å². The van der Waals surface area contributed by atoms with E-state index in [-0.39, 0.29) is 6.04 Å². The van der Waals surface area contributed by atoms with E-state index in [1.165, 1.54) is 0 Å². The van der Waals surface area contributed by atoms with Crippen molar-refractivity contribution in [2.24, 2.45) is 0 Å². The summed E-state index contributed by atoms with van der Waals surface area (Å²) in [6, 6.07) is 15.4. The van der Waals surface area contributed by atoms with Crippen molar-refractivity contribution in [3.8, 4) is 23.8 Å². The molecule has 2 heterocycles. The lowest BCUT2D eigenvalue weighted by atomic mass is 10.0. The van der Waals surface area contributed by atoms with Crippen LogP contribution in [0.4, 0.5) is 5.95 Å². The molecule has 7 nitrogen and oxygen atoms in total. The summed E-state index contributed by atoms with van der Waals surface area (Å²) in [6.45, 7) is 6.45. The molecule has 1 aromatic heterocycles. The summed E-state index contributed by atoms with van der Waals surface area (Å²) in [5, 5.41) is 22.2. The number of ether oxygens (including phenoxy) is 1. The first-order valence-electron chi connectivity index (χ1n) is 11.1. The van der Waals surface area contributed by atoms with Crippen molar-refractivity contribution in [2.45, 2.75) is 39.3 Å². The van der Waals surface area contributed by atoms with Gasteiger partial charge in [-0.3, -0.25) is 4.90 Å². The topological polar surface area (TPSA) is 97.9 Å². The molecule has 0 unspecified atom stereocenters. The standard InChI is InChI=1S/C26H25ClN6O/c1-17-11-20(15-29)12-18(2)25(17)34-24-5-8-30-26(32-24)31-22-6-9-33(10-7-22)16-21-4-3-19(14-28)13-23(21)27/h3-5,8,11-13,22H,6-7,9-10,16H2,1-2H3,(H,30,31,32). The van der Waals surface area contributed by atoms with Crippen molar-refractivity contribution in [1.82, 2.24) is 14.9 Å². The molecule has 2 aromatic carbocycles. The number of piperidine rings is 1. The lowest BCUT2D eigenvalue weighted by Crippen LogP contribution is -2.39. The molecule has 0 saturated carbocycles. The van der Waals surface area contributed by atoms with Crippen LogP contribution in [0.5, 0.6) is 11.6 Å². The second-order valence-electron chi connectivity index (χ2n) is 8.48. The second-order valence-corrected chi connectivity index (χ2v) is 8.89. The predicted molar refractivity (Wildman–Crippen MR) is 131 cm³/mol. The molecule has 0 bridgehead atoms. The summed E-state index contributed by atoms with van der Waals surface area (Å²) < 4.78 is 6.04. The minimum atomic E-state index is 0.265. The Morgan fingerprint density at radius 1 is 1.06 bits per heavy atom. The Morgan fingerprint density at radius 3 is 2.41 bits per heavy atom. The normalized spacial score (nSPS) is 14.3. The Morgan fingerprint density at radius 2 is 1.76 bits per heavy atom.